The SMILES string of the molecule is CC1(C)c2cc(-c3c4ccccc4cc4c3ccc3ccccc34)ccc2-c2ccc(-c3cccc4oc5cc6ccccc6cc5c34)cc21. The van der Waals surface area contributed by atoms with E-state index in [1.165, 1.54) is 93.0 Å². The first kappa shape index (κ1) is 27.7. The third-order valence-corrected chi connectivity index (χ3v) is 11.4. The second-order valence-electron chi connectivity index (χ2n) is 14.5. The first-order valence-electron chi connectivity index (χ1n) is 17.5. The molecule has 0 fully saturated rings. The minimum atomic E-state index is -0.174. The predicted molar refractivity (Wildman–Crippen MR) is 212 cm³/mol. The summed E-state index contributed by atoms with van der Waals surface area (Å²) >= 11 is 0. The minimum Gasteiger partial charge on any atom is -0.456 e. The summed E-state index contributed by atoms with van der Waals surface area (Å²) in [5.74, 6) is 0. The molecule has 0 N–H and O–H groups in total. The van der Waals surface area contributed by atoms with Gasteiger partial charge in [0.1, 0.15) is 11.2 Å². The van der Waals surface area contributed by atoms with Crippen LogP contribution in [0, 0.1) is 0 Å². The molecule has 0 saturated carbocycles. The molecule has 0 bridgehead atoms. The highest BCUT2D eigenvalue weighted by Crippen LogP contribution is 2.52. The summed E-state index contributed by atoms with van der Waals surface area (Å²) < 4.78 is 6.45. The number of rotatable bonds is 2. The van der Waals surface area contributed by atoms with E-state index < -0.39 is 0 Å². The molecule has 9 aromatic carbocycles. The Morgan fingerprint density at radius 2 is 1.02 bits per heavy atom. The van der Waals surface area contributed by atoms with E-state index in [9.17, 15) is 0 Å². The molecule has 1 heterocycles. The van der Waals surface area contributed by atoms with E-state index in [4.69, 9.17) is 4.42 Å². The van der Waals surface area contributed by atoms with Crippen molar-refractivity contribution < 1.29 is 4.42 Å². The van der Waals surface area contributed by atoms with E-state index in [0.29, 0.717) is 0 Å². The van der Waals surface area contributed by atoms with Crippen LogP contribution in [0.25, 0.3) is 98.4 Å². The molecular formula is C49H32O. The first-order chi connectivity index (χ1) is 24.5. The van der Waals surface area contributed by atoms with Gasteiger partial charge in [0, 0.05) is 16.2 Å². The maximum Gasteiger partial charge on any atom is 0.136 e. The lowest BCUT2D eigenvalue weighted by Crippen LogP contribution is -2.15. The Bertz CT molecular complexity index is 3060. The zero-order valence-electron chi connectivity index (χ0n) is 27.9. The standard InChI is InChI=1S/C49H32O/c1-49(2)43-26-33(37-16-9-17-45-48(37)42-24-30-11-3-4-12-31(30)28-46(42)50-45)19-21-38(43)39-22-20-34(27-44(39)49)47-36-15-8-6-13-32(36)25-41-35-14-7-5-10-29(35)18-23-40(41)47/h3-28H,1-2H3. The van der Waals surface area contributed by atoms with Gasteiger partial charge < -0.3 is 4.42 Å². The highest BCUT2D eigenvalue weighted by Gasteiger charge is 2.36. The van der Waals surface area contributed by atoms with Crippen LogP contribution in [0.2, 0.25) is 0 Å². The molecule has 0 radical (unpaired) electrons. The summed E-state index contributed by atoms with van der Waals surface area (Å²) in [6.45, 7) is 4.78. The van der Waals surface area contributed by atoms with Crippen LogP contribution in [0.4, 0.5) is 0 Å². The minimum absolute atomic E-state index is 0.174. The zero-order valence-corrected chi connectivity index (χ0v) is 27.9. The van der Waals surface area contributed by atoms with Crippen LogP contribution in [0.3, 0.4) is 0 Å². The molecule has 0 spiro atoms. The molecule has 1 aliphatic rings. The van der Waals surface area contributed by atoms with Gasteiger partial charge in [-0.2, -0.15) is 0 Å². The number of furan rings is 1. The van der Waals surface area contributed by atoms with Crippen LogP contribution >= 0.6 is 0 Å². The molecule has 1 heteroatoms. The molecule has 234 valence electrons. The molecule has 11 rings (SSSR count). The molecule has 0 saturated heterocycles. The van der Waals surface area contributed by atoms with Crippen LogP contribution in [0.15, 0.2) is 162 Å². The summed E-state index contributed by atoms with van der Waals surface area (Å²) in [5.41, 5.74) is 12.1. The van der Waals surface area contributed by atoms with Gasteiger partial charge in [0.15, 0.2) is 0 Å². The first-order valence-corrected chi connectivity index (χ1v) is 17.5. The molecule has 1 aromatic heterocycles. The van der Waals surface area contributed by atoms with Gasteiger partial charge in [-0.1, -0.05) is 135 Å². The number of fused-ring (bicyclic) bond motifs is 11. The maximum atomic E-state index is 6.45. The third-order valence-electron chi connectivity index (χ3n) is 11.4. The Labute approximate surface area is 290 Å². The lowest BCUT2D eigenvalue weighted by atomic mass is 9.80. The molecule has 0 unspecified atom stereocenters. The molecule has 1 aliphatic carbocycles. The Balaban J connectivity index is 1.09. The lowest BCUT2D eigenvalue weighted by Gasteiger charge is -2.23. The Morgan fingerprint density at radius 1 is 0.380 bits per heavy atom. The van der Waals surface area contributed by atoms with Crippen molar-refractivity contribution in [2.45, 2.75) is 19.3 Å². The lowest BCUT2D eigenvalue weighted by molar-refractivity contribution is 0.661. The fraction of sp³-hybridized carbons (Fsp3) is 0.0612. The van der Waals surface area contributed by atoms with Gasteiger partial charge in [0.05, 0.1) is 0 Å². The van der Waals surface area contributed by atoms with E-state index in [1.54, 1.807) is 0 Å². The maximum absolute atomic E-state index is 6.45. The van der Waals surface area contributed by atoms with Crippen LogP contribution in [-0.2, 0) is 5.41 Å². The average molecular weight is 637 g/mol. The third kappa shape index (κ3) is 3.78. The molecule has 0 amide bonds. The van der Waals surface area contributed by atoms with Crippen molar-refractivity contribution in [2.24, 2.45) is 0 Å². The summed E-state index contributed by atoms with van der Waals surface area (Å²) in [6, 6.07) is 58.3. The normalized spacial score (nSPS) is 13.6. The zero-order chi connectivity index (χ0) is 33.1. The summed E-state index contributed by atoms with van der Waals surface area (Å²) in [4.78, 5) is 0. The quantitative estimate of drug-likeness (QED) is 0.136. The highest BCUT2D eigenvalue weighted by molar-refractivity contribution is 6.20. The number of benzene rings is 9. The van der Waals surface area contributed by atoms with Crippen LogP contribution in [0.1, 0.15) is 25.0 Å². The van der Waals surface area contributed by atoms with Crippen LogP contribution in [-0.4, -0.2) is 0 Å². The molecule has 50 heavy (non-hydrogen) atoms. The van der Waals surface area contributed by atoms with Crippen molar-refractivity contribution in [2.75, 3.05) is 0 Å². The predicted octanol–water partition coefficient (Wildman–Crippen LogP) is 13.8. The van der Waals surface area contributed by atoms with Crippen molar-refractivity contribution in [3.63, 3.8) is 0 Å². The van der Waals surface area contributed by atoms with E-state index in [-0.39, 0.29) is 5.41 Å². The van der Waals surface area contributed by atoms with Gasteiger partial charge in [-0.15, -0.1) is 0 Å². The molecule has 0 atom stereocenters. The summed E-state index contributed by atoms with van der Waals surface area (Å²) in [6.07, 6.45) is 0. The summed E-state index contributed by atoms with van der Waals surface area (Å²) in [7, 11) is 0. The van der Waals surface area contributed by atoms with E-state index in [1.807, 2.05) is 0 Å². The smallest absolute Gasteiger partial charge is 0.136 e. The van der Waals surface area contributed by atoms with Crippen molar-refractivity contribution in [1.82, 2.24) is 0 Å². The molecule has 10 aromatic rings. The Morgan fingerprint density at radius 3 is 1.82 bits per heavy atom. The second-order valence-corrected chi connectivity index (χ2v) is 14.5. The highest BCUT2D eigenvalue weighted by atomic mass is 16.3. The largest absolute Gasteiger partial charge is 0.456 e. The molecule has 0 aliphatic heterocycles. The monoisotopic (exact) mass is 636 g/mol. The molecular weight excluding hydrogens is 605 g/mol. The summed E-state index contributed by atoms with van der Waals surface area (Å²) in [5, 5.41) is 12.5. The van der Waals surface area contributed by atoms with Crippen LogP contribution in [0.5, 0.6) is 0 Å². The van der Waals surface area contributed by atoms with Crippen LogP contribution < -0.4 is 0 Å². The topological polar surface area (TPSA) is 13.1 Å². The van der Waals surface area contributed by atoms with Gasteiger partial charge in [0.25, 0.3) is 0 Å². The fourth-order valence-electron chi connectivity index (χ4n) is 8.94. The van der Waals surface area contributed by atoms with Crippen molar-refractivity contribution in [3.8, 4) is 33.4 Å². The van der Waals surface area contributed by atoms with E-state index >= 15 is 0 Å². The van der Waals surface area contributed by atoms with Gasteiger partial charge in [0.2, 0.25) is 0 Å². The van der Waals surface area contributed by atoms with Gasteiger partial charge in [-0.05, 0) is 124 Å². The Kier molecular flexibility index (Phi) is 5.51. The van der Waals surface area contributed by atoms with Crippen molar-refractivity contribution in [3.05, 3.63) is 169 Å². The molecule has 1 nitrogen and oxygen atoms in total. The van der Waals surface area contributed by atoms with Crippen molar-refractivity contribution in [1.29, 1.82) is 0 Å². The Hall–Kier alpha value is -6.18. The van der Waals surface area contributed by atoms with Gasteiger partial charge in [-0.3, -0.25) is 0 Å². The van der Waals surface area contributed by atoms with Gasteiger partial charge in [-0.25, -0.2) is 0 Å². The fourth-order valence-corrected chi connectivity index (χ4v) is 8.94. The van der Waals surface area contributed by atoms with E-state index in [2.05, 4.69) is 172 Å². The second kappa shape index (κ2) is 9.94. The van der Waals surface area contributed by atoms with Crippen molar-refractivity contribution >= 4 is 65.0 Å². The van der Waals surface area contributed by atoms with E-state index in [0.717, 1.165) is 16.6 Å². The number of hydrogen-bond acceptors (Lipinski definition) is 1. The average Bonchev–Trinajstić information content (AvgIpc) is 3.63. The van der Waals surface area contributed by atoms with Gasteiger partial charge >= 0.3 is 0 Å². The number of hydrogen-bond donors (Lipinski definition) is 0.